The molecule has 0 aromatic rings. The highest BCUT2D eigenvalue weighted by atomic mass is 14.6. The highest BCUT2D eigenvalue weighted by Crippen LogP contribution is 2.10. The molecule has 1 nitrogen and oxygen atoms in total. The average Bonchev–Trinajstić information content (AvgIpc) is 2.02. The Morgan fingerprint density at radius 3 is 2.21 bits per heavy atom. The Kier molecular flexibility index (Phi) is 6.56. The third kappa shape index (κ3) is 6.90. The fourth-order valence-electron chi connectivity index (χ4n) is 1.19. The SMILES string of the molecule is CC(C)=CCC/C(C)=C/C(N)C(C)C. The molecule has 82 valence electrons. The van der Waals surface area contributed by atoms with Gasteiger partial charge < -0.3 is 5.73 Å². The van der Waals surface area contributed by atoms with E-state index in [2.05, 4.69) is 46.8 Å². The highest BCUT2D eigenvalue weighted by Gasteiger charge is 2.03. The van der Waals surface area contributed by atoms with Crippen molar-refractivity contribution in [2.24, 2.45) is 11.7 Å². The van der Waals surface area contributed by atoms with Crippen LogP contribution in [0.25, 0.3) is 0 Å². The second-order valence-corrected chi connectivity index (χ2v) is 4.65. The van der Waals surface area contributed by atoms with Crippen LogP contribution in [0.5, 0.6) is 0 Å². The summed E-state index contributed by atoms with van der Waals surface area (Å²) in [5.41, 5.74) is 8.76. The summed E-state index contributed by atoms with van der Waals surface area (Å²) < 4.78 is 0. The van der Waals surface area contributed by atoms with Gasteiger partial charge in [0.2, 0.25) is 0 Å². The summed E-state index contributed by atoms with van der Waals surface area (Å²) in [5, 5.41) is 0. The smallest absolute Gasteiger partial charge is 0.0249 e. The van der Waals surface area contributed by atoms with Crippen molar-refractivity contribution in [3.8, 4) is 0 Å². The molecule has 0 fully saturated rings. The molecular weight excluding hydrogens is 170 g/mol. The van der Waals surface area contributed by atoms with E-state index in [0.29, 0.717) is 5.92 Å². The first kappa shape index (κ1) is 13.4. The number of nitrogens with two attached hydrogens (primary N) is 1. The topological polar surface area (TPSA) is 26.0 Å². The Balaban J connectivity index is 3.95. The van der Waals surface area contributed by atoms with Gasteiger partial charge in [-0.25, -0.2) is 0 Å². The second-order valence-electron chi connectivity index (χ2n) is 4.65. The van der Waals surface area contributed by atoms with Crippen LogP contribution >= 0.6 is 0 Å². The number of rotatable bonds is 5. The van der Waals surface area contributed by atoms with Gasteiger partial charge in [0.05, 0.1) is 0 Å². The van der Waals surface area contributed by atoms with E-state index in [4.69, 9.17) is 5.73 Å². The Hall–Kier alpha value is -0.560. The van der Waals surface area contributed by atoms with Gasteiger partial charge in [-0.2, -0.15) is 0 Å². The van der Waals surface area contributed by atoms with Crippen molar-refractivity contribution in [2.45, 2.75) is 53.5 Å². The molecule has 2 N–H and O–H groups in total. The molecule has 0 radical (unpaired) electrons. The molecule has 14 heavy (non-hydrogen) atoms. The maximum Gasteiger partial charge on any atom is 0.0249 e. The third-order valence-electron chi connectivity index (χ3n) is 2.34. The van der Waals surface area contributed by atoms with E-state index in [1.54, 1.807) is 0 Å². The summed E-state index contributed by atoms with van der Waals surface area (Å²) in [6.07, 6.45) is 6.74. The van der Waals surface area contributed by atoms with Crippen molar-refractivity contribution in [3.05, 3.63) is 23.3 Å². The van der Waals surface area contributed by atoms with Crippen molar-refractivity contribution < 1.29 is 0 Å². The molecule has 0 aliphatic carbocycles. The van der Waals surface area contributed by atoms with E-state index in [-0.39, 0.29) is 6.04 Å². The van der Waals surface area contributed by atoms with Crippen LogP contribution in [0.4, 0.5) is 0 Å². The standard InChI is InChI=1S/C13H25N/c1-10(2)7-6-8-12(5)9-13(14)11(3)4/h7,9,11,13H,6,8,14H2,1-5H3/b12-9+. The van der Waals surface area contributed by atoms with Crippen LogP contribution in [0.3, 0.4) is 0 Å². The van der Waals surface area contributed by atoms with Crippen molar-refractivity contribution in [1.82, 2.24) is 0 Å². The zero-order valence-corrected chi connectivity index (χ0v) is 10.3. The Morgan fingerprint density at radius 2 is 1.79 bits per heavy atom. The molecular formula is C13H25N. The first-order valence-electron chi connectivity index (χ1n) is 5.49. The molecule has 0 aromatic carbocycles. The molecule has 0 aliphatic rings. The lowest BCUT2D eigenvalue weighted by molar-refractivity contribution is 0.567. The molecule has 0 spiro atoms. The largest absolute Gasteiger partial charge is 0.324 e. The van der Waals surface area contributed by atoms with E-state index in [9.17, 15) is 0 Å². The monoisotopic (exact) mass is 195 g/mol. The number of hydrogen-bond donors (Lipinski definition) is 1. The van der Waals surface area contributed by atoms with Crippen molar-refractivity contribution >= 4 is 0 Å². The van der Waals surface area contributed by atoms with Gasteiger partial charge in [0.25, 0.3) is 0 Å². The first-order valence-corrected chi connectivity index (χ1v) is 5.49. The zero-order valence-electron chi connectivity index (χ0n) is 10.3. The molecule has 0 saturated heterocycles. The predicted molar refractivity (Wildman–Crippen MR) is 65.2 cm³/mol. The first-order chi connectivity index (χ1) is 6.43. The van der Waals surface area contributed by atoms with Gasteiger partial charge in [-0.1, -0.05) is 37.1 Å². The maximum atomic E-state index is 5.96. The fourth-order valence-corrected chi connectivity index (χ4v) is 1.19. The molecule has 0 bridgehead atoms. The van der Waals surface area contributed by atoms with Crippen molar-refractivity contribution in [1.29, 1.82) is 0 Å². The fraction of sp³-hybridized carbons (Fsp3) is 0.692. The normalized spacial score (nSPS) is 14.4. The van der Waals surface area contributed by atoms with E-state index >= 15 is 0 Å². The Morgan fingerprint density at radius 1 is 1.21 bits per heavy atom. The van der Waals surface area contributed by atoms with Crippen molar-refractivity contribution in [3.63, 3.8) is 0 Å². The molecule has 1 atom stereocenters. The number of allylic oxidation sites excluding steroid dienone is 3. The van der Waals surface area contributed by atoms with E-state index in [1.807, 2.05) is 0 Å². The average molecular weight is 195 g/mol. The van der Waals surface area contributed by atoms with Gasteiger partial charge >= 0.3 is 0 Å². The minimum absolute atomic E-state index is 0.210. The third-order valence-corrected chi connectivity index (χ3v) is 2.34. The zero-order chi connectivity index (χ0) is 11.1. The van der Waals surface area contributed by atoms with Crippen molar-refractivity contribution in [2.75, 3.05) is 0 Å². The summed E-state index contributed by atoms with van der Waals surface area (Å²) in [6.45, 7) is 10.8. The summed E-state index contributed by atoms with van der Waals surface area (Å²) in [6, 6.07) is 0.210. The molecule has 0 rings (SSSR count). The molecule has 1 heteroatoms. The van der Waals surface area contributed by atoms with Gasteiger partial charge in [-0.05, 0) is 39.5 Å². The second kappa shape index (κ2) is 6.83. The van der Waals surface area contributed by atoms with E-state index in [1.165, 1.54) is 11.1 Å². The van der Waals surface area contributed by atoms with Gasteiger partial charge in [-0.15, -0.1) is 0 Å². The van der Waals surface area contributed by atoms with Gasteiger partial charge in [0.1, 0.15) is 0 Å². The molecule has 0 saturated carbocycles. The van der Waals surface area contributed by atoms with Crippen LogP contribution in [0.15, 0.2) is 23.3 Å². The van der Waals surface area contributed by atoms with Gasteiger partial charge in [0.15, 0.2) is 0 Å². The Bertz CT molecular complexity index is 207. The highest BCUT2D eigenvalue weighted by molar-refractivity contribution is 5.06. The van der Waals surface area contributed by atoms with Crippen LogP contribution in [-0.4, -0.2) is 6.04 Å². The van der Waals surface area contributed by atoms with Crippen LogP contribution in [0.2, 0.25) is 0 Å². The summed E-state index contributed by atoms with van der Waals surface area (Å²) in [4.78, 5) is 0. The quantitative estimate of drug-likeness (QED) is 0.666. The van der Waals surface area contributed by atoms with E-state index < -0.39 is 0 Å². The lowest BCUT2D eigenvalue weighted by Crippen LogP contribution is -2.23. The lowest BCUT2D eigenvalue weighted by atomic mass is 10.0. The summed E-state index contributed by atoms with van der Waals surface area (Å²) in [5.74, 6) is 0.536. The van der Waals surface area contributed by atoms with Crippen LogP contribution in [0.1, 0.15) is 47.5 Å². The van der Waals surface area contributed by atoms with Crippen LogP contribution < -0.4 is 5.73 Å². The summed E-state index contributed by atoms with van der Waals surface area (Å²) in [7, 11) is 0. The van der Waals surface area contributed by atoms with Crippen LogP contribution in [-0.2, 0) is 0 Å². The summed E-state index contributed by atoms with van der Waals surface area (Å²) >= 11 is 0. The Labute approximate surface area is 89.1 Å². The van der Waals surface area contributed by atoms with Gasteiger partial charge in [-0.3, -0.25) is 0 Å². The molecule has 0 aromatic heterocycles. The molecule has 0 aliphatic heterocycles. The predicted octanol–water partition coefficient (Wildman–Crippen LogP) is 3.66. The van der Waals surface area contributed by atoms with Crippen LogP contribution in [0, 0.1) is 5.92 Å². The van der Waals surface area contributed by atoms with E-state index in [0.717, 1.165) is 12.8 Å². The number of hydrogen-bond acceptors (Lipinski definition) is 1. The lowest BCUT2D eigenvalue weighted by Gasteiger charge is -2.12. The molecule has 0 amide bonds. The minimum Gasteiger partial charge on any atom is -0.324 e. The van der Waals surface area contributed by atoms with Gasteiger partial charge in [0, 0.05) is 6.04 Å². The maximum absolute atomic E-state index is 5.96. The molecule has 1 unspecified atom stereocenters. The minimum atomic E-state index is 0.210. The molecule has 0 heterocycles.